The topological polar surface area (TPSA) is 52.6 Å². The number of aryl methyl sites for hydroxylation is 1. The number of amides is 1. The van der Waals surface area contributed by atoms with Crippen molar-refractivity contribution in [2.45, 2.75) is 57.8 Å². The van der Waals surface area contributed by atoms with Crippen molar-refractivity contribution in [3.8, 4) is 0 Å². The highest BCUT2D eigenvalue weighted by Crippen LogP contribution is 2.54. The summed E-state index contributed by atoms with van der Waals surface area (Å²) in [6, 6.07) is 5.96. The third kappa shape index (κ3) is 4.41. The van der Waals surface area contributed by atoms with E-state index in [1.165, 1.54) is 25.7 Å². The summed E-state index contributed by atoms with van der Waals surface area (Å²) in [7, 11) is 0. The first-order valence-electron chi connectivity index (χ1n) is 12.6. The molecular formula is C26H30BrF2N5O. The first-order chi connectivity index (χ1) is 16.7. The van der Waals surface area contributed by atoms with Crippen molar-refractivity contribution >= 4 is 39.3 Å². The Morgan fingerprint density at radius 2 is 1.57 bits per heavy atom. The van der Waals surface area contributed by atoms with E-state index in [9.17, 15) is 13.6 Å². The molecule has 3 aliphatic heterocycles. The van der Waals surface area contributed by atoms with E-state index in [4.69, 9.17) is 4.98 Å². The molecule has 4 aliphatic rings. The average Bonchev–Trinajstić information content (AvgIpc) is 3.57. The second-order valence-corrected chi connectivity index (χ2v) is 11.6. The molecule has 2 saturated heterocycles. The monoisotopic (exact) mass is 545 g/mol. The standard InChI is InChI=1S/C26H30BrF2N5O/c1-17-14-21(31-24(30-17)33-12-7-26(28,29)8-13-33)34-9-2-18-15-19(27)16-20(22(18)23(34)35)32-10-5-25(3-4-25)6-11-32/h14-16H,2-13H2,1H3. The fourth-order valence-electron chi connectivity index (χ4n) is 5.78. The number of halogens is 3. The molecule has 1 amide bonds. The molecule has 6 rings (SSSR count). The van der Waals surface area contributed by atoms with Crippen LogP contribution in [-0.2, 0) is 6.42 Å². The van der Waals surface area contributed by atoms with Crippen molar-refractivity contribution < 1.29 is 13.6 Å². The first-order valence-corrected chi connectivity index (χ1v) is 13.4. The maximum atomic E-state index is 13.9. The maximum absolute atomic E-state index is 13.9. The number of alkyl halides is 2. The SMILES string of the molecule is Cc1cc(N2CCc3cc(Br)cc(N4CCC5(CC4)CC5)c3C2=O)nc(N2CCC(F)(F)CC2)n1. The second-order valence-electron chi connectivity index (χ2n) is 10.7. The largest absolute Gasteiger partial charge is 0.371 e. The van der Waals surface area contributed by atoms with Crippen LogP contribution in [0.15, 0.2) is 22.7 Å². The number of hydrogen-bond donors (Lipinski definition) is 0. The van der Waals surface area contributed by atoms with Crippen molar-refractivity contribution in [3.63, 3.8) is 0 Å². The lowest BCUT2D eigenvalue weighted by Crippen LogP contribution is -2.42. The molecule has 6 nitrogen and oxygen atoms in total. The van der Waals surface area contributed by atoms with Crippen molar-refractivity contribution in [2.75, 3.05) is 47.4 Å². The molecule has 0 unspecified atom stereocenters. The number of piperidine rings is 2. The van der Waals surface area contributed by atoms with Crippen LogP contribution in [0.3, 0.4) is 0 Å². The van der Waals surface area contributed by atoms with Gasteiger partial charge in [0.2, 0.25) is 5.95 Å². The Labute approximate surface area is 212 Å². The van der Waals surface area contributed by atoms with E-state index >= 15 is 0 Å². The van der Waals surface area contributed by atoms with E-state index < -0.39 is 5.92 Å². The number of carbonyl (C=O) groups is 1. The van der Waals surface area contributed by atoms with E-state index in [2.05, 4.69) is 37.9 Å². The summed E-state index contributed by atoms with van der Waals surface area (Å²) in [6.45, 7) is 4.76. The fraction of sp³-hybridized carbons (Fsp3) is 0.577. The minimum absolute atomic E-state index is 0.0466. The van der Waals surface area contributed by atoms with Gasteiger partial charge in [0, 0.05) is 61.8 Å². The Morgan fingerprint density at radius 1 is 0.886 bits per heavy atom. The number of rotatable bonds is 3. The van der Waals surface area contributed by atoms with E-state index in [1.807, 2.05) is 13.0 Å². The second kappa shape index (κ2) is 8.39. The third-order valence-electron chi connectivity index (χ3n) is 8.23. The van der Waals surface area contributed by atoms with Crippen LogP contribution in [0.4, 0.5) is 26.2 Å². The van der Waals surface area contributed by atoms with Crippen LogP contribution in [0.1, 0.15) is 60.1 Å². The van der Waals surface area contributed by atoms with Gasteiger partial charge in [-0.1, -0.05) is 15.9 Å². The van der Waals surface area contributed by atoms with Crippen molar-refractivity contribution in [1.82, 2.24) is 9.97 Å². The van der Waals surface area contributed by atoms with Crippen LogP contribution in [0.25, 0.3) is 0 Å². The summed E-state index contributed by atoms with van der Waals surface area (Å²) >= 11 is 3.66. The number of aromatic nitrogens is 2. The summed E-state index contributed by atoms with van der Waals surface area (Å²) in [5, 5.41) is 0. The zero-order valence-electron chi connectivity index (χ0n) is 20.0. The number of benzene rings is 1. The van der Waals surface area contributed by atoms with Crippen LogP contribution in [0.5, 0.6) is 0 Å². The Balaban J connectivity index is 1.30. The highest BCUT2D eigenvalue weighted by Gasteiger charge is 2.45. The molecule has 186 valence electrons. The van der Waals surface area contributed by atoms with Crippen molar-refractivity contribution in [3.05, 3.63) is 39.5 Å². The smallest absolute Gasteiger partial charge is 0.261 e. The molecule has 2 aromatic rings. The summed E-state index contributed by atoms with van der Waals surface area (Å²) < 4.78 is 28.3. The maximum Gasteiger partial charge on any atom is 0.261 e. The molecule has 0 bridgehead atoms. The number of hydrogen-bond acceptors (Lipinski definition) is 5. The minimum atomic E-state index is -2.63. The molecule has 1 spiro atoms. The van der Waals surface area contributed by atoms with Gasteiger partial charge in [-0.05, 0) is 62.1 Å². The highest BCUT2D eigenvalue weighted by atomic mass is 79.9. The van der Waals surface area contributed by atoms with E-state index in [0.29, 0.717) is 23.7 Å². The molecule has 0 atom stereocenters. The molecule has 35 heavy (non-hydrogen) atoms. The lowest BCUT2D eigenvalue weighted by Gasteiger charge is -2.37. The normalized spacial score (nSPS) is 23.0. The Hall–Kier alpha value is -2.29. The fourth-order valence-corrected chi connectivity index (χ4v) is 6.27. The zero-order valence-corrected chi connectivity index (χ0v) is 21.6. The molecule has 1 aliphatic carbocycles. The van der Waals surface area contributed by atoms with E-state index in [0.717, 1.165) is 46.5 Å². The number of nitrogens with zero attached hydrogens (tertiary/aromatic N) is 5. The van der Waals surface area contributed by atoms with Gasteiger partial charge < -0.3 is 9.80 Å². The summed E-state index contributed by atoms with van der Waals surface area (Å²) in [6.07, 6.45) is 5.39. The summed E-state index contributed by atoms with van der Waals surface area (Å²) in [5.41, 5.74) is 4.12. The Kier molecular flexibility index (Phi) is 5.54. The van der Waals surface area contributed by atoms with Crippen LogP contribution in [0.2, 0.25) is 0 Å². The van der Waals surface area contributed by atoms with Crippen LogP contribution in [0, 0.1) is 12.3 Å². The predicted octanol–water partition coefficient (Wildman–Crippen LogP) is 5.37. The molecule has 0 N–H and O–H groups in total. The van der Waals surface area contributed by atoms with Gasteiger partial charge in [-0.3, -0.25) is 9.69 Å². The van der Waals surface area contributed by atoms with Gasteiger partial charge in [-0.2, -0.15) is 4.98 Å². The highest BCUT2D eigenvalue weighted by molar-refractivity contribution is 9.10. The Bertz CT molecular complexity index is 1160. The van der Waals surface area contributed by atoms with Gasteiger partial charge >= 0.3 is 0 Å². The quantitative estimate of drug-likeness (QED) is 0.519. The number of fused-ring (bicyclic) bond motifs is 1. The van der Waals surface area contributed by atoms with Gasteiger partial charge in [0.15, 0.2) is 0 Å². The van der Waals surface area contributed by atoms with Gasteiger partial charge in [-0.15, -0.1) is 0 Å². The molecule has 1 aromatic carbocycles. The van der Waals surface area contributed by atoms with Gasteiger partial charge in [0.05, 0.1) is 11.3 Å². The first kappa shape index (κ1) is 23.1. The lowest BCUT2D eigenvalue weighted by molar-refractivity contribution is -0.0222. The molecular weight excluding hydrogens is 516 g/mol. The molecule has 0 radical (unpaired) electrons. The molecule has 1 saturated carbocycles. The molecule has 3 fully saturated rings. The van der Waals surface area contributed by atoms with Gasteiger partial charge in [0.25, 0.3) is 11.8 Å². The summed E-state index contributed by atoms with van der Waals surface area (Å²) in [5.74, 6) is -1.70. The van der Waals surface area contributed by atoms with E-state index in [-0.39, 0.29) is 31.8 Å². The average molecular weight is 546 g/mol. The zero-order chi connectivity index (χ0) is 24.4. The predicted molar refractivity (Wildman–Crippen MR) is 136 cm³/mol. The van der Waals surface area contributed by atoms with Gasteiger partial charge in [0.1, 0.15) is 5.82 Å². The molecule has 1 aromatic heterocycles. The third-order valence-corrected chi connectivity index (χ3v) is 8.69. The number of carbonyl (C=O) groups excluding carboxylic acids is 1. The van der Waals surface area contributed by atoms with Crippen molar-refractivity contribution in [1.29, 1.82) is 0 Å². The molecule has 9 heteroatoms. The van der Waals surface area contributed by atoms with Crippen molar-refractivity contribution in [2.24, 2.45) is 5.41 Å². The Morgan fingerprint density at radius 3 is 2.26 bits per heavy atom. The van der Waals surface area contributed by atoms with Crippen LogP contribution in [-0.4, -0.2) is 54.5 Å². The van der Waals surface area contributed by atoms with E-state index in [1.54, 1.807) is 9.80 Å². The lowest BCUT2D eigenvalue weighted by atomic mass is 9.91. The molecule has 4 heterocycles. The summed E-state index contributed by atoms with van der Waals surface area (Å²) in [4.78, 5) is 29.0. The van der Waals surface area contributed by atoms with Crippen LogP contribution >= 0.6 is 15.9 Å². The van der Waals surface area contributed by atoms with Gasteiger partial charge in [-0.25, -0.2) is 13.8 Å². The van der Waals surface area contributed by atoms with Crippen LogP contribution < -0.4 is 14.7 Å². The number of anilines is 3. The minimum Gasteiger partial charge on any atom is -0.371 e.